The molecule has 2 aromatic rings. The van der Waals surface area contributed by atoms with Gasteiger partial charge in [0.2, 0.25) is 0 Å². The topological polar surface area (TPSA) is 0 Å². The van der Waals surface area contributed by atoms with Crippen LogP contribution in [0, 0.1) is 0 Å². The molecule has 0 aromatic heterocycles. The summed E-state index contributed by atoms with van der Waals surface area (Å²) in [5.41, 5.74) is 5.17. The number of allylic oxidation sites excluding steroid dienone is 1. The van der Waals surface area contributed by atoms with Gasteiger partial charge in [-0.05, 0) is 66.7 Å². The van der Waals surface area contributed by atoms with Crippen LogP contribution in [0.25, 0.3) is 17.2 Å². The summed E-state index contributed by atoms with van der Waals surface area (Å²) in [7, 11) is 0. The minimum absolute atomic E-state index is 0.537. The van der Waals surface area contributed by atoms with E-state index in [2.05, 4.69) is 67.6 Å². The maximum absolute atomic E-state index is 13.4. The van der Waals surface area contributed by atoms with E-state index in [0.717, 1.165) is 25.7 Å². The quantitative estimate of drug-likeness (QED) is 0.326. The van der Waals surface area contributed by atoms with Crippen molar-refractivity contribution in [1.82, 2.24) is 0 Å². The van der Waals surface area contributed by atoms with Crippen LogP contribution < -0.4 is 0 Å². The van der Waals surface area contributed by atoms with Gasteiger partial charge in [0.25, 0.3) is 0 Å². The molecule has 1 heteroatoms. The molecule has 0 radical (unpaired) electrons. The lowest BCUT2D eigenvalue weighted by molar-refractivity contribution is 0.235. The molecule has 0 N–H and O–H groups in total. The van der Waals surface area contributed by atoms with Crippen LogP contribution >= 0.6 is 0 Å². The standard InChI is InChI=1S/C29H39F/c1-2-3-4-5-6-7-8-9-10-11-24-12-14-25(15-13-24)26-16-18-27(19-17-26)28-20-22-29(30)23-21-28/h10-19,28-29H,2-9,20-23H2,1H3/t28-,29-. The van der Waals surface area contributed by atoms with E-state index in [9.17, 15) is 4.39 Å². The first-order valence-corrected chi connectivity index (χ1v) is 12.3. The molecule has 1 aliphatic rings. The summed E-state index contributed by atoms with van der Waals surface area (Å²) in [6, 6.07) is 17.8. The third kappa shape index (κ3) is 7.42. The van der Waals surface area contributed by atoms with Crippen molar-refractivity contribution in [2.24, 2.45) is 0 Å². The highest BCUT2D eigenvalue weighted by atomic mass is 19.1. The summed E-state index contributed by atoms with van der Waals surface area (Å²) < 4.78 is 13.4. The molecule has 1 saturated carbocycles. The van der Waals surface area contributed by atoms with Crippen LogP contribution in [-0.4, -0.2) is 6.17 Å². The Kier molecular flexibility index (Phi) is 9.67. The summed E-state index contributed by atoms with van der Waals surface area (Å²) in [6.45, 7) is 2.27. The van der Waals surface area contributed by atoms with Crippen LogP contribution in [0.2, 0.25) is 0 Å². The van der Waals surface area contributed by atoms with Gasteiger partial charge in [-0.15, -0.1) is 0 Å². The largest absolute Gasteiger partial charge is 0.247 e. The highest BCUT2D eigenvalue weighted by molar-refractivity contribution is 5.66. The van der Waals surface area contributed by atoms with Gasteiger partial charge in [-0.3, -0.25) is 0 Å². The van der Waals surface area contributed by atoms with Gasteiger partial charge < -0.3 is 0 Å². The van der Waals surface area contributed by atoms with E-state index in [1.54, 1.807) is 0 Å². The lowest BCUT2D eigenvalue weighted by atomic mass is 9.83. The Morgan fingerprint density at radius 3 is 1.93 bits per heavy atom. The molecular weight excluding hydrogens is 367 g/mol. The zero-order valence-electron chi connectivity index (χ0n) is 18.8. The van der Waals surface area contributed by atoms with Crippen molar-refractivity contribution in [3.05, 3.63) is 65.7 Å². The summed E-state index contributed by atoms with van der Waals surface area (Å²) >= 11 is 0. The SMILES string of the molecule is CCCCCCCCCC=Cc1ccc(-c2ccc([C@H]3CC[C@H](F)CC3)cc2)cc1. The number of unbranched alkanes of at least 4 members (excludes halogenated alkanes) is 7. The van der Waals surface area contributed by atoms with Crippen LogP contribution in [-0.2, 0) is 0 Å². The minimum Gasteiger partial charge on any atom is -0.247 e. The summed E-state index contributed by atoms with van der Waals surface area (Å²) in [5.74, 6) is 0.537. The minimum atomic E-state index is -0.580. The molecule has 0 atom stereocenters. The highest BCUT2D eigenvalue weighted by Gasteiger charge is 2.21. The molecular formula is C29H39F. The lowest BCUT2D eigenvalue weighted by Crippen LogP contribution is -2.13. The number of hydrogen-bond donors (Lipinski definition) is 0. The molecule has 0 unspecified atom stereocenters. The summed E-state index contributed by atoms with van der Waals surface area (Å²) in [6.07, 6.45) is 18.2. The van der Waals surface area contributed by atoms with Crippen LogP contribution in [0.4, 0.5) is 4.39 Å². The van der Waals surface area contributed by atoms with E-state index in [0.29, 0.717) is 5.92 Å². The van der Waals surface area contributed by atoms with Gasteiger partial charge in [0.15, 0.2) is 0 Å². The molecule has 2 aromatic carbocycles. The van der Waals surface area contributed by atoms with E-state index < -0.39 is 6.17 Å². The molecule has 0 saturated heterocycles. The Labute approximate surface area is 183 Å². The van der Waals surface area contributed by atoms with Gasteiger partial charge in [-0.1, -0.05) is 106 Å². The Balaban J connectivity index is 1.42. The second kappa shape index (κ2) is 12.7. The third-order valence-electron chi connectivity index (χ3n) is 6.57. The van der Waals surface area contributed by atoms with Gasteiger partial charge in [-0.2, -0.15) is 0 Å². The highest BCUT2D eigenvalue weighted by Crippen LogP contribution is 2.34. The van der Waals surface area contributed by atoms with Crippen LogP contribution in [0.3, 0.4) is 0 Å². The van der Waals surface area contributed by atoms with E-state index in [1.807, 2.05) is 0 Å². The third-order valence-corrected chi connectivity index (χ3v) is 6.57. The smallest absolute Gasteiger partial charge is 0.100 e. The lowest BCUT2D eigenvalue weighted by Gasteiger charge is -2.24. The Morgan fingerprint density at radius 1 is 0.733 bits per heavy atom. The molecule has 30 heavy (non-hydrogen) atoms. The summed E-state index contributed by atoms with van der Waals surface area (Å²) in [4.78, 5) is 0. The van der Waals surface area contributed by atoms with Gasteiger partial charge in [0, 0.05) is 0 Å². The van der Waals surface area contributed by atoms with Gasteiger partial charge in [-0.25, -0.2) is 4.39 Å². The first-order chi connectivity index (χ1) is 14.8. The van der Waals surface area contributed by atoms with Crippen molar-refractivity contribution < 1.29 is 4.39 Å². The molecule has 0 heterocycles. The molecule has 162 valence electrons. The van der Waals surface area contributed by atoms with Crippen molar-refractivity contribution in [3.63, 3.8) is 0 Å². The van der Waals surface area contributed by atoms with Gasteiger partial charge >= 0.3 is 0 Å². The van der Waals surface area contributed by atoms with Crippen molar-refractivity contribution in [2.75, 3.05) is 0 Å². The number of alkyl halides is 1. The van der Waals surface area contributed by atoms with Crippen molar-refractivity contribution in [3.8, 4) is 11.1 Å². The molecule has 0 bridgehead atoms. The fourth-order valence-electron chi connectivity index (χ4n) is 4.56. The van der Waals surface area contributed by atoms with Crippen molar-refractivity contribution in [1.29, 1.82) is 0 Å². The van der Waals surface area contributed by atoms with Crippen LogP contribution in [0.5, 0.6) is 0 Å². The number of rotatable bonds is 11. The fourth-order valence-corrected chi connectivity index (χ4v) is 4.56. The molecule has 0 amide bonds. The molecule has 0 spiro atoms. The van der Waals surface area contributed by atoms with E-state index in [4.69, 9.17) is 0 Å². The summed E-state index contributed by atoms with van der Waals surface area (Å²) in [5, 5.41) is 0. The zero-order chi connectivity index (χ0) is 21.0. The molecule has 1 fully saturated rings. The molecule has 0 aliphatic heterocycles. The van der Waals surface area contributed by atoms with Crippen LogP contribution in [0.1, 0.15) is 101 Å². The average Bonchev–Trinajstić information content (AvgIpc) is 2.79. The van der Waals surface area contributed by atoms with E-state index in [1.165, 1.54) is 73.6 Å². The first-order valence-electron chi connectivity index (χ1n) is 12.3. The molecule has 1 aliphatic carbocycles. The maximum Gasteiger partial charge on any atom is 0.100 e. The number of hydrogen-bond acceptors (Lipinski definition) is 0. The average molecular weight is 407 g/mol. The van der Waals surface area contributed by atoms with E-state index >= 15 is 0 Å². The second-order valence-corrected chi connectivity index (χ2v) is 9.01. The monoisotopic (exact) mass is 406 g/mol. The fraction of sp³-hybridized carbons (Fsp3) is 0.517. The van der Waals surface area contributed by atoms with Crippen molar-refractivity contribution >= 4 is 6.08 Å². The number of benzene rings is 2. The predicted octanol–water partition coefficient (Wildman–Crippen LogP) is 9.50. The zero-order valence-corrected chi connectivity index (χ0v) is 18.8. The molecule has 3 rings (SSSR count). The van der Waals surface area contributed by atoms with Gasteiger partial charge in [0.1, 0.15) is 6.17 Å². The maximum atomic E-state index is 13.4. The number of halogens is 1. The Bertz CT molecular complexity index is 733. The second-order valence-electron chi connectivity index (χ2n) is 9.01. The van der Waals surface area contributed by atoms with Crippen LogP contribution in [0.15, 0.2) is 54.6 Å². The molecule has 0 nitrogen and oxygen atoms in total. The Morgan fingerprint density at radius 2 is 1.30 bits per heavy atom. The van der Waals surface area contributed by atoms with Crippen molar-refractivity contribution in [2.45, 2.75) is 96.1 Å². The first kappa shape index (κ1) is 22.8. The Hall–Kier alpha value is -1.89. The van der Waals surface area contributed by atoms with E-state index in [-0.39, 0.29) is 0 Å². The normalized spacial score (nSPS) is 19.4. The predicted molar refractivity (Wildman–Crippen MR) is 130 cm³/mol. The van der Waals surface area contributed by atoms with Gasteiger partial charge in [0.05, 0.1) is 0 Å².